The van der Waals surface area contributed by atoms with Crippen LogP contribution in [0.25, 0.3) is 11.0 Å². The Morgan fingerprint density at radius 2 is 1.86 bits per heavy atom. The molecule has 2 aromatic carbocycles. The first-order chi connectivity index (χ1) is 16.6. The van der Waals surface area contributed by atoms with E-state index < -0.39 is 16.8 Å². The van der Waals surface area contributed by atoms with E-state index in [-0.39, 0.29) is 11.3 Å². The number of aliphatic imine (C=N–C) groups is 1. The fourth-order valence-corrected chi connectivity index (χ4v) is 5.65. The number of hydrogen-bond donors (Lipinski definition) is 1. The van der Waals surface area contributed by atoms with E-state index in [9.17, 15) is 9.00 Å². The smallest absolute Gasteiger partial charge is 0.343 e. The number of rotatable bonds is 6. The maximum atomic E-state index is 13.1. The van der Waals surface area contributed by atoms with Crippen molar-refractivity contribution in [3.05, 3.63) is 65.4 Å². The zero-order valence-corrected chi connectivity index (χ0v) is 22.0. The Morgan fingerprint density at radius 1 is 1.14 bits per heavy atom. The van der Waals surface area contributed by atoms with Gasteiger partial charge in [0.1, 0.15) is 5.75 Å². The van der Waals surface area contributed by atoms with Crippen LogP contribution in [-0.4, -0.2) is 31.6 Å². The number of imidazole rings is 1. The number of H-pyrrole nitrogens is 1. The normalized spacial score (nSPS) is 19.3. The number of benzene rings is 2. The minimum Gasteiger partial charge on any atom is -0.423 e. The predicted octanol–water partition coefficient (Wildman–Crippen LogP) is 6.21. The number of carbonyl (C=O) groups excluding carboxylic acids is 1. The second-order valence-electron chi connectivity index (χ2n) is 10.2. The number of esters is 1. The van der Waals surface area contributed by atoms with Crippen LogP contribution in [0.1, 0.15) is 63.9 Å². The Bertz CT molecular complexity index is 1330. The van der Waals surface area contributed by atoms with Gasteiger partial charge in [-0.3, -0.25) is 9.20 Å². The molecular weight excluding hydrogens is 458 g/mol. The second-order valence-corrected chi connectivity index (χ2v) is 11.6. The maximum absolute atomic E-state index is 13.1. The molecule has 184 valence electrons. The highest BCUT2D eigenvalue weighted by Crippen LogP contribution is 2.30. The van der Waals surface area contributed by atoms with Crippen molar-refractivity contribution in [1.29, 1.82) is 0 Å². The Balaban J connectivity index is 1.47. The largest absolute Gasteiger partial charge is 0.423 e. The van der Waals surface area contributed by atoms with E-state index in [0.717, 1.165) is 17.7 Å². The van der Waals surface area contributed by atoms with Gasteiger partial charge in [-0.15, -0.1) is 0 Å². The quantitative estimate of drug-likeness (QED) is 0.328. The van der Waals surface area contributed by atoms with E-state index in [2.05, 4.69) is 56.5 Å². The molecule has 3 unspecified atom stereocenters. The van der Waals surface area contributed by atoms with Crippen LogP contribution in [-0.2, 0) is 16.2 Å². The van der Waals surface area contributed by atoms with E-state index in [0.29, 0.717) is 39.2 Å². The SMILES string of the molecule is CCC1C(C)=CN=C(CS(=O)c2nc3ccc(OC(=O)c4ccc(C(C)(C)C)cc4)cc3[nH]2)C1C. The number of allylic oxidation sites excluding steroid dienone is 1. The number of carbonyl (C=O) groups is 1. The van der Waals surface area contributed by atoms with Crippen LogP contribution in [0.3, 0.4) is 0 Å². The molecule has 1 aromatic heterocycles. The van der Waals surface area contributed by atoms with E-state index in [1.807, 2.05) is 18.3 Å². The van der Waals surface area contributed by atoms with Crippen molar-refractivity contribution >= 4 is 33.5 Å². The molecular formula is C28H33N3O3S. The van der Waals surface area contributed by atoms with Crippen LogP contribution >= 0.6 is 0 Å². The van der Waals surface area contributed by atoms with Crippen LogP contribution in [0.5, 0.6) is 5.75 Å². The molecule has 0 amide bonds. The van der Waals surface area contributed by atoms with Gasteiger partial charge in [0, 0.05) is 23.9 Å². The Hall–Kier alpha value is -3.06. The number of ether oxygens (including phenoxy) is 1. The van der Waals surface area contributed by atoms with Gasteiger partial charge in [-0.25, -0.2) is 9.78 Å². The van der Waals surface area contributed by atoms with Gasteiger partial charge in [0.2, 0.25) is 0 Å². The third-order valence-corrected chi connectivity index (χ3v) is 7.89. The van der Waals surface area contributed by atoms with Gasteiger partial charge in [-0.2, -0.15) is 0 Å². The molecule has 1 N–H and O–H groups in total. The molecule has 4 rings (SSSR count). The van der Waals surface area contributed by atoms with Gasteiger partial charge in [-0.05, 0) is 54.5 Å². The Kier molecular flexibility index (Phi) is 7.08. The summed E-state index contributed by atoms with van der Waals surface area (Å²) in [7, 11) is -1.35. The highest BCUT2D eigenvalue weighted by molar-refractivity contribution is 7.85. The summed E-state index contributed by atoms with van der Waals surface area (Å²) in [6.45, 7) is 12.8. The van der Waals surface area contributed by atoms with Gasteiger partial charge in [0.05, 0.1) is 33.1 Å². The van der Waals surface area contributed by atoms with Crippen LogP contribution in [0.4, 0.5) is 0 Å². The molecule has 3 atom stereocenters. The molecule has 7 heteroatoms. The summed E-state index contributed by atoms with van der Waals surface area (Å²) in [4.78, 5) is 24.8. The molecule has 6 nitrogen and oxygen atoms in total. The fraction of sp³-hybridized carbons (Fsp3) is 0.393. The molecule has 0 radical (unpaired) electrons. The van der Waals surface area contributed by atoms with Crippen molar-refractivity contribution in [2.45, 2.75) is 58.5 Å². The first-order valence-electron chi connectivity index (χ1n) is 12.0. The van der Waals surface area contributed by atoms with Gasteiger partial charge < -0.3 is 9.72 Å². The zero-order valence-electron chi connectivity index (χ0n) is 21.2. The van der Waals surface area contributed by atoms with Crippen molar-refractivity contribution < 1.29 is 13.7 Å². The average molecular weight is 492 g/mol. The summed E-state index contributed by atoms with van der Waals surface area (Å²) in [5.74, 6) is 0.999. The van der Waals surface area contributed by atoms with Gasteiger partial charge in [0.15, 0.2) is 5.16 Å². The van der Waals surface area contributed by atoms with Crippen molar-refractivity contribution in [3.8, 4) is 5.75 Å². The minimum atomic E-state index is -1.35. The monoisotopic (exact) mass is 491 g/mol. The number of hydrogen-bond acceptors (Lipinski definition) is 5. The summed E-state index contributed by atoms with van der Waals surface area (Å²) in [5.41, 5.74) is 5.20. The molecule has 0 saturated carbocycles. The average Bonchev–Trinajstić information content (AvgIpc) is 3.24. The molecule has 3 aromatic rings. The molecule has 35 heavy (non-hydrogen) atoms. The number of aromatic amines is 1. The maximum Gasteiger partial charge on any atom is 0.343 e. The van der Waals surface area contributed by atoms with Crippen molar-refractivity contribution in [2.75, 3.05) is 5.75 Å². The van der Waals surface area contributed by atoms with Crippen LogP contribution in [0.15, 0.2) is 64.4 Å². The minimum absolute atomic E-state index is 0.0147. The molecule has 0 spiro atoms. The van der Waals surface area contributed by atoms with E-state index in [1.54, 1.807) is 30.3 Å². The number of nitrogens with one attached hydrogen (secondary N) is 1. The van der Waals surface area contributed by atoms with Crippen LogP contribution in [0, 0.1) is 11.8 Å². The predicted molar refractivity (Wildman–Crippen MR) is 142 cm³/mol. The highest BCUT2D eigenvalue weighted by atomic mass is 32.2. The lowest BCUT2D eigenvalue weighted by Crippen LogP contribution is -2.28. The fourth-order valence-electron chi connectivity index (χ4n) is 4.48. The van der Waals surface area contributed by atoms with E-state index >= 15 is 0 Å². The van der Waals surface area contributed by atoms with Gasteiger partial charge >= 0.3 is 5.97 Å². The second kappa shape index (κ2) is 9.90. The first kappa shape index (κ1) is 25.0. The molecule has 0 aliphatic carbocycles. The lowest BCUT2D eigenvalue weighted by molar-refractivity contribution is 0.0735. The third kappa shape index (κ3) is 5.45. The third-order valence-electron chi connectivity index (χ3n) is 6.71. The molecule has 0 bridgehead atoms. The van der Waals surface area contributed by atoms with Crippen LogP contribution < -0.4 is 4.74 Å². The summed E-state index contributed by atoms with van der Waals surface area (Å²) in [6.07, 6.45) is 2.93. The lowest BCUT2D eigenvalue weighted by Gasteiger charge is -2.27. The Labute approximate surface area is 209 Å². The molecule has 1 aliphatic heterocycles. The van der Waals surface area contributed by atoms with E-state index in [1.165, 1.54) is 5.57 Å². The van der Waals surface area contributed by atoms with Crippen molar-refractivity contribution in [3.63, 3.8) is 0 Å². The highest BCUT2D eigenvalue weighted by Gasteiger charge is 2.27. The van der Waals surface area contributed by atoms with Crippen LogP contribution in [0.2, 0.25) is 0 Å². The summed E-state index contributed by atoms with van der Waals surface area (Å²) >= 11 is 0. The first-order valence-corrected chi connectivity index (χ1v) is 13.3. The molecule has 1 aliphatic rings. The van der Waals surface area contributed by atoms with Gasteiger partial charge in [-0.1, -0.05) is 52.3 Å². The molecule has 0 fully saturated rings. The lowest BCUT2D eigenvalue weighted by atomic mass is 9.82. The van der Waals surface area contributed by atoms with Gasteiger partial charge in [0.25, 0.3) is 0 Å². The topological polar surface area (TPSA) is 84.4 Å². The summed E-state index contributed by atoms with van der Waals surface area (Å²) < 4.78 is 18.7. The standard InChI is InChI=1S/C28H33N3O3S/c1-7-22-17(2)15-29-25(18(22)3)16-35(33)27-30-23-13-12-21(14-24(23)31-27)34-26(32)19-8-10-20(11-9-19)28(4,5)6/h8-15,18,22H,7,16H2,1-6H3,(H,30,31). The van der Waals surface area contributed by atoms with E-state index in [4.69, 9.17) is 4.74 Å². The van der Waals surface area contributed by atoms with Crippen molar-refractivity contribution in [1.82, 2.24) is 9.97 Å². The van der Waals surface area contributed by atoms with Crippen molar-refractivity contribution in [2.24, 2.45) is 16.8 Å². The number of nitrogens with zero attached hydrogens (tertiary/aromatic N) is 2. The number of aromatic nitrogens is 2. The number of fused-ring (bicyclic) bond motifs is 1. The summed E-state index contributed by atoms with van der Waals surface area (Å²) in [6, 6.07) is 12.6. The molecule has 2 heterocycles. The molecule has 0 saturated heterocycles. The zero-order chi connectivity index (χ0) is 25.3. The Morgan fingerprint density at radius 3 is 2.51 bits per heavy atom. The summed E-state index contributed by atoms with van der Waals surface area (Å²) in [5, 5.41) is 0.399.